The summed E-state index contributed by atoms with van der Waals surface area (Å²) in [6.07, 6.45) is 3.07. The number of nitrogens with zero attached hydrogens (tertiary/aromatic N) is 2. The predicted octanol–water partition coefficient (Wildman–Crippen LogP) is 5.93. The van der Waals surface area contributed by atoms with E-state index in [0.29, 0.717) is 52.3 Å². The van der Waals surface area contributed by atoms with Gasteiger partial charge in [-0.1, -0.05) is 36.0 Å². The van der Waals surface area contributed by atoms with Crippen molar-refractivity contribution in [2.75, 3.05) is 13.3 Å². The fourth-order valence-electron chi connectivity index (χ4n) is 4.34. The van der Waals surface area contributed by atoms with E-state index in [1.807, 2.05) is 23.6 Å². The number of alkyl halides is 1. The number of hydrogen-bond acceptors (Lipinski definition) is 4. The Labute approximate surface area is 214 Å². The number of nitrogens with one attached hydrogen (secondary N) is 1. The van der Waals surface area contributed by atoms with Crippen molar-refractivity contribution in [2.24, 2.45) is 0 Å². The summed E-state index contributed by atoms with van der Waals surface area (Å²) >= 11 is 12.6. The standard InChI is InChI=1S/C26H28Cl2FN3O3/c1-16-24(26(34)30-22-5-2-3-6-23(22)33)31-25(20-12-7-17(27)15-21(20)28)32(16)18-8-10-19(11-9-18)35-14-4-13-29/h7-12,15,22-23,33H,2-6,13-14H2,1H3,(H,30,34)/t22-,23+/m0/s1. The zero-order valence-corrected chi connectivity index (χ0v) is 20.9. The van der Waals surface area contributed by atoms with E-state index in [9.17, 15) is 14.3 Å². The van der Waals surface area contributed by atoms with Gasteiger partial charge in [0.05, 0.1) is 36.1 Å². The molecule has 0 unspecified atom stereocenters. The fourth-order valence-corrected chi connectivity index (χ4v) is 4.83. The smallest absolute Gasteiger partial charge is 0.272 e. The van der Waals surface area contributed by atoms with Gasteiger partial charge in [0.15, 0.2) is 0 Å². The van der Waals surface area contributed by atoms with Gasteiger partial charge >= 0.3 is 0 Å². The van der Waals surface area contributed by atoms with E-state index in [1.54, 1.807) is 30.3 Å². The van der Waals surface area contributed by atoms with Gasteiger partial charge in [-0.15, -0.1) is 0 Å². The first-order chi connectivity index (χ1) is 16.9. The number of aliphatic hydroxyl groups is 1. The molecule has 3 aromatic rings. The van der Waals surface area contributed by atoms with Crippen molar-refractivity contribution >= 4 is 29.1 Å². The molecule has 1 aliphatic carbocycles. The van der Waals surface area contributed by atoms with E-state index < -0.39 is 12.8 Å². The number of amides is 1. The van der Waals surface area contributed by atoms with Gasteiger partial charge < -0.3 is 15.2 Å². The predicted molar refractivity (Wildman–Crippen MR) is 136 cm³/mol. The van der Waals surface area contributed by atoms with Crippen molar-refractivity contribution in [2.45, 2.75) is 51.2 Å². The van der Waals surface area contributed by atoms with E-state index in [4.69, 9.17) is 27.9 Å². The molecule has 2 N–H and O–H groups in total. The molecular weight excluding hydrogens is 492 g/mol. The van der Waals surface area contributed by atoms with Crippen molar-refractivity contribution < 1.29 is 19.0 Å². The Bertz CT molecular complexity index is 1180. The first kappa shape index (κ1) is 25.5. The molecule has 1 amide bonds. The topological polar surface area (TPSA) is 76.4 Å². The van der Waals surface area contributed by atoms with Crippen LogP contribution in [0.5, 0.6) is 5.75 Å². The Morgan fingerprint density at radius 1 is 1.20 bits per heavy atom. The maximum atomic E-state index is 13.2. The van der Waals surface area contributed by atoms with Crippen molar-refractivity contribution in [3.05, 3.63) is 63.9 Å². The van der Waals surface area contributed by atoms with Crippen LogP contribution < -0.4 is 10.1 Å². The second-order valence-electron chi connectivity index (χ2n) is 8.65. The number of halogens is 3. The molecule has 6 nitrogen and oxygen atoms in total. The SMILES string of the molecule is Cc1c(C(=O)N[C@H]2CCCC[C@H]2O)nc(-c2ccc(Cl)cc2Cl)n1-c1ccc(OCCCF)cc1. The monoisotopic (exact) mass is 519 g/mol. The van der Waals surface area contributed by atoms with Gasteiger partial charge in [-0.25, -0.2) is 4.98 Å². The van der Waals surface area contributed by atoms with Gasteiger partial charge in [0, 0.05) is 22.7 Å². The van der Waals surface area contributed by atoms with Crippen LogP contribution in [-0.2, 0) is 0 Å². The normalized spacial score (nSPS) is 17.9. The molecule has 1 heterocycles. The molecule has 1 saturated carbocycles. The fraction of sp³-hybridized carbons (Fsp3) is 0.385. The van der Waals surface area contributed by atoms with Gasteiger partial charge in [0.2, 0.25) is 0 Å². The number of benzene rings is 2. The van der Waals surface area contributed by atoms with Crippen molar-refractivity contribution in [3.8, 4) is 22.8 Å². The average molecular weight is 520 g/mol. The van der Waals surface area contributed by atoms with Crippen LogP contribution in [-0.4, -0.2) is 46.0 Å². The van der Waals surface area contributed by atoms with Crippen molar-refractivity contribution in [1.29, 1.82) is 0 Å². The molecule has 0 spiro atoms. The van der Waals surface area contributed by atoms with Crippen molar-refractivity contribution in [3.63, 3.8) is 0 Å². The summed E-state index contributed by atoms with van der Waals surface area (Å²) in [5.74, 6) is 0.768. The van der Waals surface area contributed by atoms with Gasteiger partial charge in [-0.3, -0.25) is 13.8 Å². The molecule has 1 aliphatic rings. The first-order valence-corrected chi connectivity index (χ1v) is 12.5. The highest BCUT2D eigenvalue weighted by molar-refractivity contribution is 6.36. The number of imidazole rings is 1. The quantitative estimate of drug-likeness (QED) is 0.361. The Hall–Kier alpha value is -2.61. The van der Waals surface area contributed by atoms with Gasteiger partial charge in [0.1, 0.15) is 17.3 Å². The number of carbonyl (C=O) groups is 1. The lowest BCUT2D eigenvalue weighted by Crippen LogP contribution is -2.45. The maximum absolute atomic E-state index is 13.2. The highest BCUT2D eigenvalue weighted by Gasteiger charge is 2.28. The Balaban J connectivity index is 1.72. The summed E-state index contributed by atoms with van der Waals surface area (Å²) < 4.78 is 19.8. The lowest BCUT2D eigenvalue weighted by molar-refractivity contribution is 0.0713. The molecule has 0 saturated heterocycles. The number of aliphatic hydroxyl groups excluding tert-OH is 1. The molecule has 0 radical (unpaired) electrons. The van der Waals surface area contributed by atoms with Crippen LogP contribution in [0.15, 0.2) is 42.5 Å². The highest BCUT2D eigenvalue weighted by atomic mass is 35.5. The number of ether oxygens (including phenoxy) is 1. The molecule has 0 aliphatic heterocycles. The summed E-state index contributed by atoms with van der Waals surface area (Å²) in [7, 11) is 0. The Morgan fingerprint density at radius 3 is 2.63 bits per heavy atom. The summed E-state index contributed by atoms with van der Waals surface area (Å²) in [5.41, 5.74) is 2.26. The van der Waals surface area contributed by atoms with Crippen LogP contribution in [0.1, 0.15) is 48.3 Å². The second-order valence-corrected chi connectivity index (χ2v) is 9.49. The largest absolute Gasteiger partial charge is 0.493 e. The average Bonchev–Trinajstić information content (AvgIpc) is 3.18. The summed E-state index contributed by atoms with van der Waals surface area (Å²) in [6, 6.07) is 12.1. The van der Waals surface area contributed by atoms with Crippen molar-refractivity contribution in [1.82, 2.24) is 14.9 Å². The van der Waals surface area contributed by atoms with Gasteiger partial charge in [-0.05, 0) is 62.2 Å². The number of rotatable bonds is 8. The highest BCUT2D eigenvalue weighted by Crippen LogP contribution is 2.34. The van der Waals surface area contributed by atoms with Crippen LogP contribution in [0.4, 0.5) is 4.39 Å². The van der Waals surface area contributed by atoms with E-state index in [1.165, 1.54) is 0 Å². The number of carbonyl (C=O) groups excluding carboxylic acids is 1. The molecule has 9 heteroatoms. The molecule has 4 rings (SSSR count). The van der Waals surface area contributed by atoms with E-state index in [0.717, 1.165) is 24.9 Å². The molecule has 1 aromatic heterocycles. The van der Waals surface area contributed by atoms with Crippen LogP contribution in [0.2, 0.25) is 10.0 Å². The first-order valence-electron chi connectivity index (χ1n) is 11.7. The minimum Gasteiger partial charge on any atom is -0.493 e. The lowest BCUT2D eigenvalue weighted by atomic mass is 9.92. The van der Waals surface area contributed by atoms with Gasteiger partial charge in [-0.2, -0.15) is 0 Å². The summed E-state index contributed by atoms with van der Waals surface area (Å²) in [5, 5.41) is 14.2. The maximum Gasteiger partial charge on any atom is 0.272 e. The molecule has 35 heavy (non-hydrogen) atoms. The third-order valence-electron chi connectivity index (χ3n) is 6.18. The third-order valence-corrected chi connectivity index (χ3v) is 6.73. The lowest BCUT2D eigenvalue weighted by Gasteiger charge is -2.28. The summed E-state index contributed by atoms with van der Waals surface area (Å²) in [6.45, 7) is 1.68. The van der Waals surface area contributed by atoms with E-state index in [-0.39, 0.29) is 17.6 Å². The number of hydrogen-bond donors (Lipinski definition) is 2. The molecule has 186 valence electrons. The molecule has 0 bridgehead atoms. The molecule has 2 atom stereocenters. The number of aromatic nitrogens is 2. The molecular formula is C26H28Cl2FN3O3. The zero-order chi connectivity index (χ0) is 24.9. The van der Waals surface area contributed by atoms with Gasteiger partial charge in [0.25, 0.3) is 5.91 Å². The van der Waals surface area contributed by atoms with E-state index in [2.05, 4.69) is 10.3 Å². The van der Waals surface area contributed by atoms with Crippen LogP contribution in [0, 0.1) is 6.92 Å². The molecule has 1 fully saturated rings. The van der Waals surface area contributed by atoms with Crippen LogP contribution in [0.3, 0.4) is 0 Å². The minimum atomic E-state index is -0.565. The second kappa shape index (κ2) is 11.4. The van der Waals surface area contributed by atoms with E-state index >= 15 is 0 Å². The van der Waals surface area contributed by atoms with Crippen LogP contribution >= 0.6 is 23.2 Å². The zero-order valence-electron chi connectivity index (χ0n) is 19.4. The third kappa shape index (κ3) is 5.80. The summed E-state index contributed by atoms with van der Waals surface area (Å²) in [4.78, 5) is 17.9. The van der Waals surface area contributed by atoms with Crippen LogP contribution in [0.25, 0.3) is 17.1 Å². The Kier molecular flexibility index (Phi) is 8.31. The Morgan fingerprint density at radius 2 is 1.94 bits per heavy atom. The minimum absolute atomic E-state index is 0.257. The molecule has 2 aromatic carbocycles.